The molecule has 4 heterocycles. The van der Waals surface area contributed by atoms with E-state index in [0.29, 0.717) is 28.2 Å². The summed E-state index contributed by atoms with van der Waals surface area (Å²) in [7, 11) is 0. The van der Waals surface area contributed by atoms with Crippen LogP contribution >= 0.6 is 0 Å². The third-order valence-corrected chi connectivity index (χ3v) is 8.39. The summed E-state index contributed by atoms with van der Waals surface area (Å²) in [5, 5.41) is 16.5. The van der Waals surface area contributed by atoms with Crippen molar-refractivity contribution in [2.75, 3.05) is 0 Å². The zero-order valence-corrected chi connectivity index (χ0v) is 22.6. The van der Waals surface area contributed by atoms with Crippen LogP contribution in [0, 0.1) is 17.9 Å². The van der Waals surface area contributed by atoms with E-state index >= 15 is 0 Å². The summed E-state index contributed by atoms with van der Waals surface area (Å²) in [6.07, 6.45) is 0. The maximum Gasteiger partial charge on any atom is 0.229 e. The maximum atomic E-state index is 10.6. The van der Waals surface area contributed by atoms with Gasteiger partial charge < -0.3 is 4.42 Å². The van der Waals surface area contributed by atoms with Gasteiger partial charge in [-0.3, -0.25) is 9.13 Å². The molecular weight excluding hydrogens is 530 g/mol. The van der Waals surface area contributed by atoms with Gasteiger partial charge in [0.05, 0.1) is 28.6 Å². The predicted octanol–water partition coefficient (Wildman–Crippen LogP) is 9.60. The van der Waals surface area contributed by atoms with E-state index in [9.17, 15) is 5.26 Å². The lowest BCUT2D eigenvalue weighted by Crippen LogP contribution is -2.03. The van der Waals surface area contributed by atoms with Crippen LogP contribution in [0.25, 0.3) is 82.0 Å². The predicted molar refractivity (Wildman–Crippen MR) is 171 cm³/mol. The van der Waals surface area contributed by atoms with Crippen LogP contribution in [0.4, 0.5) is 5.69 Å². The first-order chi connectivity index (χ1) is 21.3. The van der Waals surface area contributed by atoms with Crippen molar-refractivity contribution in [2.45, 2.75) is 0 Å². The van der Waals surface area contributed by atoms with Gasteiger partial charge in [-0.25, -0.2) is 9.83 Å². The van der Waals surface area contributed by atoms with E-state index in [4.69, 9.17) is 16.0 Å². The number of furan rings is 1. The maximum absolute atomic E-state index is 10.6. The molecule has 0 spiro atoms. The molecular formula is C37H19N5O. The first-order valence-electron chi connectivity index (χ1n) is 13.9. The molecule has 5 aromatic carbocycles. The molecule has 0 radical (unpaired) electrons. The van der Waals surface area contributed by atoms with E-state index in [2.05, 4.69) is 74.6 Å². The van der Waals surface area contributed by atoms with Gasteiger partial charge in [-0.2, -0.15) is 5.26 Å². The largest absolute Gasteiger partial charge is 0.466 e. The molecule has 0 N–H and O–H groups in total. The van der Waals surface area contributed by atoms with Crippen LogP contribution in [0.2, 0.25) is 0 Å². The van der Waals surface area contributed by atoms with Crippen LogP contribution in [-0.2, 0) is 0 Å². The number of hydrogen-bond donors (Lipinski definition) is 0. The van der Waals surface area contributed by atoms with E-state index in [-0.39, 0.29) is 0 Å². The molecule has 0 saturated carbocycles. The fourth-order valence-electron chi connectivity index (χ4n) is 6.62. The highest BCUT2D eigenvalue weighted by Crippen LogP contribution is 2.43. The molecule has 0 bridgehead atoms. The molecule has 0 saturated heterocycles. The minimum Gasteiger partial charge on any atom is -0.466 e. The summed E-state index contributed by atoms with van der Waals surface area (Å²) in [4.78, 5) is 8.88. The second kappa shape index (κ2) is 8.57. The van der Waals surface area contributed by atoms with Crippen molar-refractivity contribution in [3.63, 3.8) is 0 Å². The second-order valence-electron chi connectivity index (χ2n) is 10.6. The Morgan fingerprint density at radius 1 is 0.605 bits per heavy atom. The Morgan fingerprint density at radius 3 is 1.81 bits per heavy atom. The van der Waals surface area contributed by atoms with Crippen molar-refractivity contribution in [3.05, 3.63) is 132 Å². The summed E-state index contributed by atoms with van der Waals surface area (Å²) in [6, 6.07) is 41.0. The number of aromatic nitrogens is 3. The van der Waals surface area contributed by atoms with Gasteiger partial charge in [-0.15, -0.1) is 0 Å². The van der Waals surface area contributed by atoms with E-state index in [1.54, 1.807) is 6.07 Å². The number of nitriles is 1. The molecule has 4 aromatic heterocycles. The van der Waals surface area contributed by atoms with Crippen LogP contribution in [0.3, 0.4) is 0 Å². The number of benzene rings is 5. The fourth-order valence-corrected chi connectivity index (χ4v) is 6.62. The first-order valence-corrected chi connectivity index (χ1v) is 13.9. The molecule has 0 aliphatic rings. The molecule has 6 heteroatoms. The molecule has 9 aromatic rings. The number of pyridine rings is 1. The lowest BCUT2D eigenvalue weighted by molar-refractivity contribution is 0.670. The lowest BCUT2D eigenvalue weighted by Gasteiger charge is -2.12. The third kappa shape index (κ3) is 3.07. The Bertz CT molecular complexity index is 2660. The van der Waals surface area contributed by atoms with E-state index in [1.165, 1.54) is 10.8 Å². The Hall–Kier alpha value is -6.37. The van der Waals surface area contributed by atoms with Crippen molar-refractivity contribution in [1.29, 1.82) is 5.26 Å². The Balaban J connectivity index is 1.40. The quantitative estimate of drug-likeness (QED) is 0.202. The van der Waals surface area contributed by atoms with Crippen molar-refractivity contribution in [3.8, 4) is 17.7 Å². The highest BCUT2D eigenvalue weighted by Gasteiger charge is 2.23. The normalized spacial score (nSPS) is 11.7. The Morgan fingerprint density at radius 2 is 1.16 bits per heavy atom. The monoisotopic (exact) mass is 549 g/mol. The van der Waals surface area contributed by atoms with E-state index < -0.39 is 0 Å². The standard InChI is InChI=1S/C37H19N5O/c1-39-29-14-8-13-25-27-20-26-24-12-4-7-17-32(24)42(35(26)28(21-38)36(27)43-37(25)29)34-19-9-18-33(40-34)41-30-15-5-2-10-22(30)23-11-3-6-16-31(23)41/h2-20H. The van der Waals surface area contributed by atoms with Gasteiger partial charge in [0, 0.05) is 32.3 Å². The zero-order valence-electron chi connectivity index (χ0n) is 22.6. The van der Waals surface area contributed by atoms with E-state index in [1.807, 2.05) is 54.6 Å². The van der Waals surface area contributed by atoms with Crippen molar-refractivity contribution < 1.29 is 4.42 Å². The summed E-state index contributed by atoms with van der Waals surface area (Å²) < 4.78 is 10.5. The average Bonchev–Trinajstić information content (AvgIpc) is 3.71. The lowest BCUT2D eigenvalue weighted by atomic mass is 10.0. The van der Waals surface area contributed by atoms with Crippen LogP contribution in [0.5, 0.6) is 0 Å². The Kier molecular flexibility index (Phi) is 4.65. The molecule has 198 valence electrons. The van der Waals surface area contributed by atoms with Crippen molar-refractivity contribution >= 4 is 71.2 Å². The molecule has 0 fully saturated rings. The minimum atomic E-state index is 0.417. The van der Waals surface area contributed by atoms with Gasteiger partial charge in [0.25, 0.3) is 0 Å². The van der Waals surface area contributed by atoms with Gasteiger partial charge in [-0.1, -0.05) is 78.9 Å². The van der Waals surface area contributed by atoms with E-state index in [0.717, 1.165) is 49.4 Å². The molecule has 43 heavy (non-hydrogen) atoms. The number of rotatable bonds is 2. The highest BCUT2D eigenvalue weighted by molar-refractivity contribution is 6.21. The van der Waals surface area contributed by atoms with Gasteiger partial charge >= 0.3 is 0 Å². The summed E-state index contributed by atoms with van der Waals surface area (Å²) in [6.45, 7) is 7.63. The average molecular weight is 550 g/mol. The SMILES string of the molecule is [C-]#[N+]c1cccc2c1oc1c(C#N)c3c(cc12)c1ccccc1n3-c1cccc(-n2c3ccccc3c3ccccc32)n1. The van der Waals surface area contributed by atoms with Crippen molar-refractivity contribution in [2.24, 2.45) is 0 Å². The molecule has 0 unspecified atom stereocenters. The third-order valence-electron chi connectivity index (χ3n) is 8.39. The highest BCUT2D eigenvalue weighted by atomic mass is 16.3. The van der Waals surface area contributed by atoms with Gasteiger partial charge in [0.15, 0.2) is 5.58 Å². The van der Waals surface area contributed by atoms with Gasteiger partial charge in [0.2, 0.25) is 5.69 Å². The zero-order chi connectivity index (χ0) is 28.7. The number of para-hydroxylation sites is 4. The smallest absolute Gasteiger partial charge is 0.229 e. The van der Waals surface area contributed by atoms with Gasteiger partial charge in [0.1, 0.15) is 28.9 Å². The summed E-state index contributed by atoms with van der Waals surface area (Å²) in [5.41, 5.74) is 5.64. The summed E-state index contributed by atoms with van der Waals surface area (Å²) in [5.74, 6) is 1.48. The molecule has 0 aliphatic heterocycles. The Labute approximate surface area is 244 Å². The van der Waals surface area contributed by atoms with Crippen LogP contribution < -0.4 is 0 Å². The molecule has 0 aliphatic carbocycles. The second-order valence-corrected chi connectivity index (χ2v) is 10.6. The number of hydrogen-bond acceptors (Lipinski definition) is 3. The summed E-state index contributed by atoms with van der Waals surface area (Å²) >= 11 is 0. The fraction of sp³-hybridized carbons (Fsp3) is 0. The molecule has 0 atom stereocenters. The van der Waals surface area contributed by atoms with Crippen LogP contribution in [0.15, 0.2) is 120 Å². The minimum absolute atomic E-state index is 0.417. The first kappa shape index (κ1) is 23.3. The molecule has 0 amide bonds. The molecule has 9 rings (SSSR count). The number of fused-ring (bicyclic) bond motifs is 9. The molecule has 6 nitrogen and oxygen atoms in total. The van der Waals surface area contributed by atoms with Crippen LogP contribution in [0.1, 0.15) is 5.56 Å². The van der Waals surface area contributed by atoms with Crippen LogP contribution in [-0.4, -0.2) is 14.1 Å². The number of nitrogens with zero attached hydrogens (tertiary/aromatic N) is 5. The van der Waals surface area contributed by atoms with Gasteiger partial charge in [-0.05, 0) is 36.4 Å². The topological polar surface area (TPSA) is 64.0 Å². The van der Waals surface area contributed by atoms with Crippen molar-refractivity contribution in [1.82, 2.24) is 14.1 Å².